The van der Waals surface area contributed by atoms with E-state index in [-0.39, 0.29) is 0 Å². The van der Waals surface area contributed by atoms with Gasteiger partial charge in [-0.25, -0.2) is 0 Å². The molecule has 1 nitrogen and oxygen atoms in total. The largest absolute Gasteiger partial charge is 0.416 e. The zero-order valence-electron chi connectivity index (χ0n) is 10.4. The van der Waals surface area contributed by atoms with Gasteiger partial charge in [0.25, 0.3) is 0 Å². The van der Waals surface area contributed by atoms with E-state index in [1.54, 1.807) is 36.4 Å². The molecule has 0 aliphatic heterocycles. The van der Waals surface area contributed by atoms with Crippen molar-refractivity contribution in [3.63, 3.8) is 0 Å². The second-order valence-corrected chi connectivity index (χ2v) is 4.19. The molecule has 0 aromatic heterocycles. The summed E-state index contributed by atoms with van der Waals surface area (Å²) in [5.41, 5.74) is 1.47. The standard InChI is InChI=1S/C16H10F3N/c17-16(18,19)15-9-7-13(8-10-15)2-1-12-3-5-14(11-20)6-4-12/h1-10H/b2-1+. The van der Waals surface area contributed by atoms with Crippen molar-refractivity contribution >= 4 is 12.2 Å². The Bertz CT molecular complexity index is 644. The monoisotopic (exact) mass is 273 g/mol. The van der Waals surface area contributed by atoms with Crippen molar-refractivity contribution in [1.29, 1.82) is 5.26 Å². The molecular formula is C16H10F3N. The summed E-state index contributed by atoms with van der Waals surface area (Å²) in [5, 5.41) is 8.67. The number of hydrogen-bond donors (Lipinski definition) is 0. The van der Waals surface area contributed by atoms with Gasteiger partial charge in [-0.2, -0.15) is 18.4 Å². The van der Waals surface area contributed by atoms with E-state index in [9.17, 15) is 13.2 Å². The number of halogens is 3. The van der Waals surface area contributed by atoms with Crippen molar-refractivity contribution < 1.29 is 13.2 Å². The van der Waals surface area contributed by atoms with Gasteiger partial charge >= 0.3 is 6.18 Å². The zero-order chi connectivity index (χ0) is 14.6. The Morgan fingerprint density at radius 2 is 1.25 bits per heavy atom. The summed E-state index contributed by atoms with van der Waals surface area (Å²) in [4.78, 5) is 0. The van der Waals surface area contributed by atoms with Gasteiger partial charge in [0.1, 0.15) is 0 Å². The van der Waals surface area contributed by atoms with Crippen LogP contribution in [-0.2, 0) is 6.18 Å². The van der Waals surface area contributed by atoms with Gasteiger partial charge in [0.2, 0.25) is 0 Å². The molecule has 0 aliphatic rings. The van der Waals surface area contributed by atoms with Gasteiger partial charge in [-0.1, -0.05) is 36.4 Å². The van der Waals surface area contributed by atoms with Crippen LogP contribution in [0.15, 0.2) is 48.5 Å². The molecule has 2 rings (SSSR count). The molecule has 0 aliphatic carbocycles. The first-order valence-electron chi connectivity index (χ1n) is 5.84. The van der Waals surface area contributed by atoms with Crippen molar-refractivity contribution in [3.8, 4) is 6.07 Å². The fourth-order valence-corrected chi connectivity index (χ4v) is 1.64. The molecule has 4 heteroatoms. The highest BCUT2D eigenvalue weighted by atomic mass is 19.4. The third-order valence-electron chi connectivity index (χ3n) is 2.75. The lowest BCUT2D eigenvalue weighted by molar-refractivity contribution is -0.137. The van der Waals surface area contributed by atoms with Gasteiger partial charge in [-0.15, -0.1) is 0 Å². The lowest BCUT2D eigenvalue weighted by Gasteiger charge is -2.05. The Balaban J connectivity index is 2.13. The summed E-state index contributed by atoms with van der Waals surface area (Å²) in [7, 11) is 0. The van der Waals surface area contributed by atoms with Crippen molar-refractivity contribution in [2.24, 2.45) is 0 Å². The Kier molecular flexibility index (Phi) is 3.90. The molecule has 0 spiro atoms. The highest BCUT2D eigenvalue weighted by Gasteiger charge is 2.29. The second kappa shape index (κ2) is 5.62. The molecule has 0 amide bonds. The van der Waals surface area contributed by atoms with Crippen LogP contribution < -0.4 is 0 Å². The van der Waals surface area contributed by atoms with Crippen LogP contribution >= 0.6 is 0 Å². The average Bonchev–Trinajstić information content (AvgIpc) is 2.45. The molecule has 0 radical (unpaired) electrons. The molecule has 0 fully saturated rings. The van der Waals surface area contributed by atoms with Crippen LogP contribution in [0.25, 0.3) is 12.2 Å². The van der Waals surface area contributed by atoms with Crippen LogP contribution in [0, 0.1) is 11.3 Å². The van der Waals surface area contributed by atoms with E-state index in [0.29, 0.717) is 11.1 Å². The van der Waals surface area contributed by atoms with Gasteiger partial charge in [0, 0.05) is 0 Å². The van der Waals surface area contributed by atoms with E-state index in [1.165, 1.54) is 12.1 Å². The van der Waals surface area contributed by atoms with E-state index in [2.05, 4.69) is 0 Å². The lowest BCUT2D eigenvalue weighted by atomic mass is 10.1. The quantitative estimate of drug-likeness (QED) is 0.724. The molecule has 0 N–H and O–H groups in total. The number of hydrogen-bond acceptors (Lipinski definition) is 1. The first-order valence-corrected chi connectivity index (χ1v) is 5.84. The van der Waals surface area contributed by atoms with E-state index in [4.69, 9.17) is 5.26 Å². The fraction of sp³-hybridized carbons (Fsp3) is 0.0625. The number of rotatable bonds is 2. The molecular weight excluding hydrogens is 263 g/mol. The summed E-state index contributed by atoms with van der Waals surface area (Å²) >= 11 is 0. The lowest BCUT2D eigenvalue weighted by Crippen LogP contribution is -2.03. The Labute approximate surface area is 114 Å². The van der Waals surface area contributed by atoms with E-state index >= 15 is 0 Å². The molecule has 2 aromatic carbocycles. The SMILES string of the molecule is N#Cc1ccc(/C=C/c2ccc(C(F)(F)F)cc2)cc1. The molecule has 0 heterocycles. The summed E-state index contributed by atoms with van der Waals surface area (Å²) in [6.07, 6.45) is -0.805. The van der Waals surface area contributed by atoms with Gasteiger partial charge in [-0.05, 0) is 35.4 Å². The zero-order valence-corrected chi connectivity index (χ0v) is 10.4. The maximum absolute atomic E-state index is 12.4. The molecule has 0 atom stereocenters. The first kappa shape index (κ1) is 13.9. The van der Waals surface area contributed by atoms with Crippen molar-refractivity contribution in [3.05, 3.63) is 70.8 Å². The molecule has 0 saturated heterocycles. The molecule has 100 valence electrons. The Hall–Kier alpha value is -2.54. The van der Waals surface area contributed by atoms with Crippen molar-refractivity contribution in [2.75, 3.05) is 0 Å². The van der Waals surface area contributed by atoms with Crippen LogP contribution in [0.4, 0.5) is 13.2 Å². The molecule has 0 unspecified atom stereocenters. The number of nitrogens with zero attached hydrogens (tertiary/aromatic N) is 1. The minimum absolute atomic E-state index is 0.566. The highest BCUT2D eigenvalue weighted by Crippen LogP contribution is 2.29. The summed E-state index contributed by atoms with van der Waals surface area (Å²) < 4.78 is 37.2. The number of benzene rings is 2. The van der Waals surface area contributed by atoms with Crippen molar-refractivity contribution in [1.82, 2.24) is 0 Å². The molecule has 0 saturated carbocycles. The minimum atomic E-state index is -4.31. The smallest absolute Gasteiger partial charge is 0.192 e. The number of nitriles is 1. The van der Waals surface area contributed by atoms with E-state index < -0.39 is 11.7 Å². The third-order valence-corrected chi connectivity index (χ3v) is 2.75. The summed E-state index contributed by atoms with van der Waals surface area (Å²) in [6, 6.07) is 13.9. The van der Waals surface area contributed by atoms with Gasteiger partial charge in [-0.3, -0.25) is 0 Å². The van der Waals surface area contributed by atoms with Gasteiger partial charge < -0.3 is 0 Å². The van der Waals surface area contributed by atoms with Crippen LogP contribution in [0.2, 0.25) is 0 Å². The third kappa shape index (κ3) is 3.48. The van der Waals surface area contributed by atoms with Crippen LogP contribution in [0.3, 0.4) is 0 Å². The van der Waals surface area contributed by atoms with E-state index in [0.717, 1.165) is 17.7 Å². The Morgan fingerprint density at radius 1 is 0.800 bits per heavy atom. The summed E-state index contributed by atoms with van der Waals surface area (Å²) in [6.45, 7) is 0. The average molecular weight is 273 g/mol. The maximum atomic E-state index is 12.4. The molecule has 2 aromatic rings. The fourth-order valence-electron chi connectivity index (χ4n) is 1.64. The number of alkyl halides is 3. The first-order chi connectivity index (χ1) is 9.49. The maximum Gasteiger partial charge on any atom is 0.416 e. The van der Waals surface area contributed by atoms with Crippen LogP contribution in [0.1, 0.15) is 22.3 Å². The minimum Gasteiger partial charge on any atom is -0.192 e. The predicted molar refractivity (Wildman–Crippen MR) is 71.5 cm³/mol. The van der Waals surface area contributed by atoms with E-state index in [1.807, 2.05) is 6.07 Å². The summed E-state index contributed by atoms with van der Waals surface area (Å²) in [5.74, 6) is 0. The van der Waals surface area contributed by atoms with Gasteiger partial charge in [0.15, 0.2) is 0 Å². The highest BCUT2D eigenvalue weighted by molar-refractivity contribution is 5.69. The molecule has 0 bridgehead atoms. The second-order valence-electron chi connectivity index (χ2n) is 4.19. The van der Waals surface area contributed by atoms with Crippen LogP contribution in [-0.4, -0.2) is 0 Å². The Morgan fingerprint density at radius 3 is 1.65 bits per heavy atom. The molecule has 20 heavy (non-hydrogen) atoms. The van der Waals surface area contributed by atoms with Crippen molar-refractivity contribution in [2.45, 2.75) is 6.18 Å². The normalized spacial score (nSPS) is 11.5. The van der Waals surface area contributed by atoms with Crippen LogP contribution in [0.5, 0.6) is 0 Å². The topological polar surface area (TPSA) is 23.8 Å². The van der Waals surface area contributed by atoms with Gasteiger partial charge in [0.05, 0.1) is 17.2 Å². The predicted octanol–water partition coefficient (Wildman–Crippen LogP) is 4.75.